The van der Waals surface area contributed by atoms with Crippen molar-refractivity contribution < 1.29 is 18.7 Å². The third-order valence-corrected chi connectivity index (χ3v) is 7.16. The predicted molar refractivity (Wildman–Crippen MR) is 136 cm³/mol. The summed E-state index contributed by atoms with van der Waals surface area (Å²) in [5, 5.41) is 0.809. The van der Waals surface area contributed by atoms with E-state index in [2.05, 4.69) is 4.99 Å². The van der Waals surface area contributed by atoms with E-state index in [-0.39, 0.29) is 10.6 Å². The Bertz CT molecular complexity index is 1290. The predicted octanol–water partition coefficient (Wildman–Crippen LogP) is 6.16. The largest absolute Gasteiger partial charge is 0.495 e. The fraction of sp³-hybridized carbons (Fsp3) is 0.385. The van der Waals surface area contributed by atoms with Crippen LogP contribution in [0.3, 0.4) is 0 Å². The Balaban J connectivity index is 1.89. The number of carbonyl (C=O) groups is 1. The van der Waals surface area contributed by atoms with Gasteiger partial charge in [-0.1, -0.05) is 12.1 Å². The van der Waals surface area contributed by atoms with Crippen molar-refractivity contribution in [3.8, 4) is 17.0 Å². The molecule has 1 aliphatic heterocycles. The summed E-state index contributed by atoms with van der Waals surface area (Å²) in [5.74, 6) is 1.28. The summed E-state index contributed by atoms with van der Waals surface area (Å²) < 4.78 is 27.4. The third-order valence-electron chi connectivity index (χ3n) is 5.75. The number of amidine groups is 1. The van der Waals surface area contributed by atoms with Crippen LogP contribution in [-0.2, 0) is 4.74 Å². The molecule has 0 saturated heterocycles. The smallest absolute Gasteiger partial charge is 0.419 e. The van der Waals surface area contributed by atoms with E-state index < -0.39 is 17.7 Å². The number of methoxy groups -OCH3 is 1. The van der Waals surface area contributed by atoms with Crippen molar-refractivity contribution in [2.24, 2.45) is 10.7 Å². The fourth-order valence-electron chi connectivity index (χ4n) is 3.94. The number of nitrogens with zero attached hydrogens (tertiary/aromatic N) is 2. The lowest BCUT2D eigenvalue weighted by Crippen LogP contribution is -2.39. The lowest BCUT2D eigenvalue weighted by Gasteiger charge is -2.31. The summed E-state index contributed by atoms with van der Waals surface area (Å²) in [6.45, 7) is 9.45. The van der Waals surface area contributed by atoms with Gasteiger partial charge in [-0.2, -0.15) is 0 Å². The molecule has 1 aliphatic rings. The van der Waals surface area contributed by atoms with E-state index in [0.717, 1.165) is 5.39 Å². The molecule has 3 aromatic rings. The van der Waals surface area contributed by atoms with Crippen molar-refractivity contribution in [1.82, 2.24) is 4.57 Å². The zero-order valence-electron chi connectivity index (χ0n) is 20.3. The highest BCUT2D eigenvalue weighted by atomic mass is 32.2. The zero-order chi connectivity index (χ0) is 24.8. The number of benzene rings is 2. The highest BCUT2D eigenvalue weighted by molar-refractivity contribution is 8.01. The Morgan fingerprint density at radius 1 is 1.24 bits per heavy atom. The number of nitrogens with two attached hydrogens (primary N) is 1. The first-order valence-electron chi connectivity index (χ1n) is 11.1. The van der Waals surface area contributed by atoms with Gasteiger partial charge in [0.2, 0.25) is 0 Å². The van der Waals surface area contributed by atoms with Crippen molar-refractivity contribution >= 4 is 34.6 Å². The van der Waals surface area contributed by atoms with Gasteiger partial charge < -0.3 is 15.2 Å². The normalized spacial score (nSPS) is 18.0. The Morgan fingerprint density at radius 2 is 1.97 bits per heavy atom. The van der Waals surface area contributed by atoms with Gasteiger partial charge in [0.15, 0.2) is 0 Å². The molecule has 180 valence electrons. The third kappa shape index (κ3) is 4.51. The first-order chi connectivity index (χ1) is 15.9. The number of aromatic nitrogens is 1. The van der Waals surface area contributed by atoms with Crippen molar-refractivity contribution in [2.75, 3.05) is 12.9 Å². The van der Waals surface area contributed by atoms with E-state index in [1.165, 1.54) is 10.6 Å². The standard InChI is InChI=1S/C26H30FN3O3S/c1-25(2,3)33-24(31)30-20(13-16-8-7-9-21(32-6)22(16)30)15-10-11-18(27)17(12-15)19-14-34-26(4,5)23(28)29-19/h7-13,19H,14H2,1-6H3,(H2,28,29). The molecule has 0 aliphatic carbocycles. The van der Waals surface area contributed by atoms with Crippen molar-refractivity contribution in [2.45, 2.75) is 51.0 Å². The molecule has 34 heavy (non-hydrogen) atoms. The van der Waals surface area contributed by atoms with Crippen molar-refractivity contribution in [3.63, 3.8) is 0 Å². The van der Waals surface area contributed by atoms with E-state index >= 15 is 0 Å². The highest BCUT2D eigenvalue weighted by Crippen LogP contribution is 2.40. The molecule has 0 spiro atoms. The summed E-state index contributed by atoms with van der Waals surface area (Å²) >= 11 is 1.65. The molecule has 0 fully saturated rings. The molecule has 1 unspecified atom stereocenters. The average molecular weight is 484 g/mol. The molecule has 1 aromatic heterocycles. The molecular weight excluding hydrogens is 453 g/mol. The molecule has 2 N–H and O–H groups in total. The lowest BCUT2D eigenvalue weighted by molar-refractivity contribution is 0.0546. The summed E-state index contributed by atoms with van der Waals surface area (Å²) in [6.07, 6.45) is -0.537. The maximum atomic E-state index is 15.0. The molecule has 2 heterocycles. The number of halogens is 1. The van der Waals surface area contributed by atoms with Crippen LogP contribution in [0.2, 0.25) is 0 Å². The van der Waals surface area contributed by atoms with Gasteiger partial charge in [0.05, 0.1) is 23.6 Å². The lowest BCUT2D eigenvalue weighted by atomic mass is 10.0. The van der Waals surface area contributed by atoms with Crippen LogP contribution in [0.15, 0.2) is 47.5 Å². The number of aliphatic imine (C=N–C) groups is 1. The Labute approximate surface area is 203 Å². The SMILES string of the molecule is COc1cccc2cc(-c3ccc(F)c(C4CSC(C)(C)C(N)=N4)c3)n(C(=O)OC(C)(C)C)c12. The minimum absolute atomic E-state index is 0.287. The Hall–Kier alpha value is -3.00. The van der Waals surface area contributed by atoms with Crippen molar-refractivity contribution in [3.05, 3.63) is 53.8 Å². The second-order valence-electron chi connectivity index (χ2n) is 9.83. The monoisotopic (exact) mass is 483 g/mol. The number of fused-ring (bicyclic) bond motifs is 1. The minimum atomic E-state index is -0.695. The molecule has 4 rings (SSSR count). The Morgan fingerprint density at radius 3 is 2.62 bits per heavy atom. The fourth-order valence-corrected chi connectivity index (χ4v) is 4.97. The van der Waals surface area contributed by atoms with Crippen molar-refractivity contribution in [1.29, 1.82) is 0 Å². The first-order valence-corrected chi connectivity index (χ1v) is 12.1. The molecular formula is C26H30FN3O3S. The second kappa shape index (κ2) is 8.65. The molecule has 6 nitrogen and oxygen atoms in total. The van der Waals surface area contributed by atoms with E-state index in [0.29, 0.717) is 39.7 Å². The number of carbonyl (C=O) groups excluding carboxylic acids is 1. The highest BCUT2D eigenvalue weighted by Gasteiger charge is 2.32. The number of hydrogen-bond acceptors (Lipinski definition) is 6. The topological polar surface area (TPSA) is 78.8 Å². The summed E-state index contributed by atoms with van der Waals surface area (Å²) in [6, 6.07) is 11.8. The molecule has 0 saturated carbocycles. The van der Waals surface area contributed by atoms with Crippen LogP contribution in [0.25, 0.3) is 22.2 Å². The van der Waals surface area contributed by atoms with Gasteiger partial charge >= 0.3 is 6.09 Å². The van der Waals surface area contributed by atoms with E-state index in [1.807, 2.05) is 52.8 Å². The second-order valence-corrected chi connectivity index (χ2v) is 11.5. The quantitative estimate of drug-likeness (QED) is 0.482. The Kier molecular flexibility index (Phi) is 6.14. The molecule has 8 heteroatoms. The minimum Gasteiger partial charge on any atom is -0.495 e. The van der Waals surface area contributed by atoms with Crippen LogP contribution in [0.4, 0.5) is 9.18 Å². The van der Waals surface area contributed by atoms with Crippen LogP contribution in [0, 0.1) is 5.82 Å². The number of ether oxygens (including phenoxy) is 2. The van der Waals surface area contributed by atoms with Gasteiger partial charge in [0, 0.05) is 16.7 Å². The number of thioether (sulfide) groups is 1. The molecule has 2 aromatic carbocycles. The molecule has 0 bridgehead atoms. The van der Waals surface area contributed by atoms with Crippen LogP contribution in [0.1, 0.15) is 46.2 Å². The van der Waals surface area contributed by atoms with Gasteiger partial charge in [0.25, 0.3) is 0 Å². The van der Waals surface area contributed by atoms with Gasteiger partial charge in [-0.05, 0) is 70.5 Å². The van der Waals surface area contributed by atoms with Crippen LogP contribution in [0.5, 0.6) is 5.75 Å². The summed E-state index contributed by atoms with van der Waals surface area (Å²) in [5.41, 5.74) is 7.76. The molecule has 1 atom stereocenters. The molecule has 0 amide bonds. The van der Waals surface area contributed by atoms with E-state index in [4.69, 9.17) is 15.2 Å². The van der Waals surface area contributed by atoms with Gasteiger partial charge in [-0.25, -0.2) is 13.8 Å². The van der Waals surface area contributed by atoms with E-state index in [1.54, 1.807) is 37.1 Å². The number of hydrogen-bond donors (Lipinski definition) is 1. The molecule has 0 radical (unpaired) electrons. The van der Waals surface area contributed by atoms with Gasteiger partial charge in [-0.3, -0.25) is 4.99 Å². The van der Waals surface area contributed by atoms with Gasteiger partial charge in [0.1, 0.15) is 28.5 Å². The van der Waals surface area contributed by atoms with Crippen LogP contribution < -0.4 is 10.5 Å². The summed E-state index contributed by atoms with van der Waals surface area (Å²) in [7, 11) is 1.56. The number of rotatable bonds is 3. The maximum absolute atomic E-state index is 15.0. The summed E-state index contributed by atoms with van der Waals surface area (Å²) in [4.78, 5) is 17.9. The maximum Gasteiger partial charge on any atom is 0.419 e. The van der Waals surface area contributed by atoms with Gasteiger partial charge in [-0.15, -0.1) is 11.8 Å². The average Bonchev–Trinajstić information content (AvgIpc) is 3.15. The van der Waals surface area contributed by atoms with E-state index in [9.17, 15) is 9.18 Å². The van der Waals surface area contributed by atoms with Crippen LogP contribution in [-0.4, -0.2) is 39.7 Å². The van der Waals surface area contributed by atoms with Crippen LogP contribution >= 0.6 is 11.8 Å². The first kappa shape index (κ1) is 24.1. The zero-order valence-corrected chi connectivity index (χ0v) is 21.1. The number of para-hydroxylation sites is 1.